The zero-order valence-corrected chi connectivity index (χ0v) is 18.5. The number of hydrogen-bond donors (Lipinski definition) is 1. The average Bonchev–Trinajstić information content (AvgIpc) is 2.96. The normalized spacial score (nSPS) is 15.3. The Bertz CT molecular complexity index is 1130. The van der Waals surface area contributed by atoms with Gasteiger partial charge in [-0.15, -0.1) is 0 Å². The molecule has 1 N–H and O–H groups in total. The second-order valence-corrected chi connectivity index (χ2v) is 9.20. The Kier molecular flexibility index (Phi) is 6.45. The number of nitrogens with one attached hydrogen (secondary N) is 1. The van der Waals surface area contributed by atoms with Crippen LogP contribution in [0.25, 0.3) is 0 Å². The Hall–Kier alpha value is -3.20. The number of nitrogens with zero attached hydrogens (tertiary/aromatic N) is 2. The van der Waals surface area contributed by atoms with E-state index in [-0.39, 0.29) is 35.9 Å². The van der Waals surface area contributed by atoms with Crippen LogP contribution in [0, 0.1) is 6.92 Å². The van der Waals surface area contributed by atoms with Gasteiger partial charge in [0.05, 0.1) is 5.56 Å². The van der Waals surface area contributed by atoms with E-state index >= 15 is 0 Å². The molecule has 3 rings (SSSR count). The Balaban J connectivity index is 1.80. The van der Waals surface area contributed by atoms with Gasteiger partial charge in [-0.1, -0.05) is 36.4 Å². The second kappa shape index (κ2) is 8.89. The average molecular weight is 444 g/mol. The van der Waals surface area contributed by atoms with Crippen LogP contribution in [-0.4, -0.2) is 55.0 Å². The molecule has 0 saturated carbocycles. The predicted molar refractivity (Wildman–Crippen MR) is 115 cm³/mol. The molecular weight excluding hydrogens is 418 g/mol. The quantitative estimate of drug-likeness (QED) is 0.701. The summed E-state index contributed by atoms with van der Waals surface area (Å²) in [4.78, 5) is 39.2. The van der Waals surface area contributed by atoms with Crippen LogP contribution in [-0.2, 0) is 26.2 Å². The van der Waals surface area contributed by atoms with Crippen molar-refractivity contribution < 1.29 is 22.8 Å². The summed E-state index contributed by atoms with van der Waals surface area (Å²) in [6.45, 7) is 3.43. The molecule has 164 valence electrons. The molecule has 9 heteroatoms. The number of aryl methyl sites for hydroxylation is 1. The minimum absolute atomic E-state index is 0.0528. The molecule has 2 aromatic carbocycles. The Labute approximate surface area is 181 Å². The largest absolute Gasteiger partial charge is 0.357 e. The predicted octanol–water partition coefficient (Wildman–Crippen LogP) is 1.69. The van der Waals surface area contributed by atoms with E-state index in [9.17, 15) is 22.8 Å². The molecule has 31 heavy (non-hydrogen) atoms. The monoisotopic (exact) mass is 443 g/mol. The van der Waals surface area contributed by atoms with Crippen molar-refractivity contribution in [3.05, 3.63) is 65.2 Å². The number of benzene rings is 2. The minimum Gasteiger partial charge on any atom is -0.357 e. The number of fused-ring (bicyclic) bond motifs is 1. The zero-order chi connectivity index (χ0) is 22.8. The number of sulfonamides is 1. The summed E-state index contributed by atoms with van der Waals surface area (Å²) in [6.07, 6.45) is -0.230. The summed E-state index contributed by atoms with van der Waals surface area (Å²) in [5.74, 6) is -1.40. The first kappa shape index (κ1) is 22.5. The number of likely N-dealkylation sites (N-methyl/N-ethyl adjacent to an activating group) is 1. The molecule has 0 radical (unpaired) electrons. The van der Waals surface area contributed by atoms with Crippen molar-refractivity contribution in [2.75, 3.05) is 13.6 Å². The highest BCUT2D eigenvalue weighted by Crippen LogP contribution is 2.30. The van der Waals surface area contributed by atoms with Gasteiger partial charge in [0.25, 0.3) is 15.9 Å². The van der Waals surface area contributed by atoms with E-state index < -0.39 is 27.9 Å². The maximum absolute atomic E-state index is 13.1. The molecule has 2 aromatic rings. The molecule has 0 bridgehead atoms. The van der Waals surface area contributed by atoms with E-state index in [1.165, 1.54) is 24.1 Å². The molecule has 0 saturated heterocycles. The fourth-order valence-corrected chi connectivity index (χ4v) is 5.13. The topological polar surface area (TPSA) is 104 Å². The Morgan fingerprint density at radius 3 is 2.39 bits per heavy atom. The summed E-state index contributed by atoms with van der Waals surface area (Å²) >= 11 is 0. The Morgan fingerprint density at radius 1 is 1.10 bits per heavy atom. The maximum atomic E-state index is 13.1. The van der Waals surface area contributed by atoms with Crippen LogP contribution in [0.15, 0.2) is 53.4 Å². The number of carbonyl (C=O) groups is 3. The fraction of sp³-hybridized carbons (Fsp3) is 0.318. The molecule has 0 aromatic heterocycles. The van der Waals surface area contributed by atoms with E-state index in [2.05, 4.69) is 5.32 Å². The van der Waals surface area contributed by atoms with Gasteiger partial charge in [0.1, 0.15) is 10.9 Å². The van der Waals surface area contributed by atoms with E-state index in [0.29, 0.717) is 0 Å². The third-order valence-corrected chi connectivity index (χ3v) is 7.30. The van der Waals surface area contributed by atoms with E-state index in [4.69, 9.17) is 0 Å². The van der Waals surface area contributed by atoms with Gasteiger partial charge >= 0.3 is 0 Å². The summed E-state index contributed by atoms with van der Waals surface area (Å²) in [5, 5.41) is 2.54. The number of carbonyl (C=O) groups excluding carboxylic acids is 3. The standard InChI is InChI=1S/C22H25N3O5S/c1-15-8-4-5-9-17(15)14-24(16(2)21(27)23-3)20(26)12-13-25-22(28)18-10-6-7-11-19(18)31(25,29)30/h4-11,16H,12-14H2,1-3H3,(H,23,27)/t16-/m0/s1. The van der Waals surface area contributed by atoms with Crippen molar-refractivity contribution in [3.8, 4) is 0 Å². The van der Waals surface area contributed by atoms with Crippen LogP contribution in [0.5, 0.6) is 0 Å². The van der Waals surface area contributed by atoms with Crippen molar-refractivity contribution in [2.45, 2.75) is 37.8 Å². The van der Waals surface area contributed by atoms with Gasteiger partial charge in [0.2, 0.25) is 11.8 Å². The molecule has 0 aliphatic carbocycles. The van der Waals surface area contributed by atoms with E-state index in [1.54, 1.807) is 19.1 Å². The van der Waals surface area contributed by atoms with Crippen LogP contribution in [0.3, 0.4) is 0 Å². The highest BCUT2D eigenvalue weighted by atomic mass is 32.2. The second-order valence-electron chi connectivity index (χ2n) is 7.37. The first-order chi connectivity index (χ1) is 14.7. The lowest BCUT2D eigenvalue weighted by atomic mass is 10.1. The first-order valence-corrected chi connectivity index (χ1v) is 11.3. The van der Waals surface area contributed by atoms with Crippen LogP contribution in [0.2, 0.25) is 0 Å². The maximum Gasteiger partial charge on any atom is 0.269 e. The van der Waals surface area contributed by atoms with Crippen LogP contribution in [0.4, 0.5) is 0 Å². The van der Waals surface area contributed by atoms with E-state index in [0.717, 1.165) is 15.4 Å². The van der Waals surface area contributed by atoms with E-state index in [1.807, 2.05) is 31.2 Å². The molecular formula is C22H25N3O5S. The lowest BCUT2D eigenvalue weighted by Gasteiger charge is -2.29. The number of rotatable bonds is 7. The smallest absolute Gasteiger partial charge is 0.269 e. The highest BCUT2D eigenvalue weighted by Gasteiger charge is 2.41. The molecule has 1 aliphatic heterocycles. The fourth-order valence-electron chi connectivity index (χ4n) is 3.56. The summed E-state index contributed by atoms with van der Waals surface area (Å²) in [7, 11) is -2.50. The molecule has 0 fully saturated rings. The minimum atomic E-state index is -3.99. The third-order valence-electron chi connectivity index (χ3n) is 5.46. The van der Waals surface area contributed by atoms with Crippen molar-refractivity contribution in [2.24, 2.45) is 0 Å². The summed E-state index contributed by atoms with van der Waals surface area (Å²) in [5.41, 5.74) is 1.95. The molecule has 0 spiro atoms. The third kappa shape index (κ3) is 4.32. The van der Waals surface area contributed by atoms with Crippen molar-refractivity contribution >= 4 is 27.7 Å². The lowest BCUT2D eigenvalue weighted by molar-refractivity contribution is -0.140. The first-order valence-electron chi connectivity index (χ1n) is 9.90. The van der Waals surface area contributed by atoms with Crippen molar-refractivity contribution in [1.29, 1.82) is 0 Å². The van der Waals surface area contributed by atoms with Gasteiger partial charge in [-0.3, -0.25) is 14.4 Å². The van der Waals surface area contributed by atoms with Gasteiger partial charge in [-0.25, -0.2) is 12.7 Å². The summed E-state index contributed by atoms with van der Waals surface area (Å²) in [6, 6.07) is 12.7. The van der Waals surface area contributed by atoms with Gasteiger partial charge in [0.15, 0.2) is 0 Å². The van der Waals surface area contributed by atoms with Crippen LogP contribution >= 0.6 is 0 Å². The lowest BCUT2D eigenvalue weighted by Crippen LogP contribution is -2.47. The van der Waals surface area contributed by atoms with Gasteiger partial charge in [0, 0.05) is 26.6 Å². The Morgan fingerprint density at radius 2 is 1.74 bits per heavy atom. The van der Waals surface area contributed by atoms with Crippen molar-refractivity contribution in [1.82, 2.24) is 14.5 Å². The molecule has 0 unspecified atom stereocenters. The molecule has 3 amide bonds. The van der Waals surface area contributed by atoms with Gasteiger partial charge in [-0.05, 0) is 37.1 Å². The van der Waals surface area contributed by atoms with Crippen LogP contribution < -0.4 is 5.32 Å². The van der Waals surface area contributed by atoms with Gasteiger partial charge in [-0.2, -0.15) is 0 Å². The molecule has 1 aliphatic rings. The number of hydrogen-bond acceptors (Lipinski definition) is 5. The van der Waals surface area contributed by atoms with Crippen molar-refractivity contribution in [3.63, 3.8) is 0 Å². The molecule has 8 nitrogen and oxygen atoms in total. The zero-order valence-electron chi connectivity index (χ0n) is 17.7. The van der Waals surface area contributed by atoms with Crippen LogP contribution in [0.1, 0.15) is 34.8 Å². The summed E-state index contributed by atoms with van der Waals surface area (Å²) < 4.78 is 26.2. The number of amides is 3. The molecule has 1 heterocycles. The molecule has 1 atom stereocenters. The highest BCUT2D eigenvalue weighted by molar-refractivity contribution is 7.90. The van der Waals surface area contributed by atoms with Gasteiger partial charge < -0.3 is 10.2 Å². The SMILES string of the molecule is CNC(=O)[C@H](C)N(Cc1ccccc1C)C(=O)CCN1C(=O)c2ccccc2S1(=O)=O.